The predicted octanol–water partition coefficient (Wildman–Crippen LogP) is 3.77. The average Bonchev–Trinajstić information content (AvgIpc) is 3.15. The van der Waals surface area contributed by atoms with Gasteiger partial charge in [-0.25, -0.2) is 9.78 Å². The third-order valence-corrected chi connectivity index (χ3v) is 5.68. The molecule has 1 heterocycles. The minimum Gasteiger partial charge on any atom is -0.496 e. The van der Waals surface area contributed by atoms with E-state index < -0.39 is 5.97 Å². The lowest BCUT2D eigenvalue weighted by Gasteiger charge is -2.35. The van der Waals surface area contributed by atoms with Gasteiger partial charge >= 0.3 is 5.97 Å². The van der Waals surface area contributed by atoms with E-state index in [1.165, 1.54) is 21.3 Å². The Morgan fingerprint density at radius 2 is 1.83 bits per heavy atom. The lowest BCUT2D eigenvalue weighted by atomic mass is 9.65. The van der Waals surface area contributed by atoms with Crippen LogP contribution in [0.25, 0.3) is 16.7 Å². The maximum absolute atomic E-state index is 12.1. The van der Waals surface area contributed by atoms with Crippen LogP contribution in [0.5, 0.6) is 11.5 Å². The quantitative estimate of drug-likeness (QED) is 0.615. The van der Waals surface area contributed by atoms with Crippen LogP contribution in [-0.4, -0.2) is 36.8 Å². The van der Waals surface area contributed by atoms with Gasteiger partial charge in [0.1, 0.15) is 23.4 Å². The number of nitrogens with zero attached hydrogens (tertiary/aromatic N) is 3. The van der Waals surface area contributed by atoms with Gasteiger partial charge in [-0.1, -0.05) is 6.07 Å². The smallest absolute Gasteiger partial charge is 0.345 e. The first-order valence-electron chi connectivity index (χ1n) is 9.30. The first-order valence-corrected chi connectivity index (χ1v) is 9.30. The van der Waals surface area contributed by atoms with E-state index >= 15 is 0 Å². The Balaban J connectivity index is 1.83. The van der Waals surface area contributed by atoms with Crippen molar-refractivity contribution in [3.05, 3.63) is 47.8 Å². The summed E-state index contributed by atoms with van der Waals surface area (Å²) in [6, 6.07) is 11.9. The number of imidazole rings is 1. The summed E-state index contributed by atoms with van der Waals surface area (Å²) in [5.41, 5.74) is 3.29. The Labute approximate surface area is 168 Å². The van der Waals surface area contributed by atoms with E-state index in [0.717, 1.165) is 41.5 Å². The van der Waals surface area contributed by atoms with Gasteiger partial charge in [0.25, 0.3) is 0 Å². The fourth-order valence-corrected chi connectivity index (χ4v) is 3.85. The van der Waals surface area contributed by atoms with Crippen molar-refractivity contribution in [1.29, 1.82) is 5.26 Å². The molecule has 1 saturated carbocycles. The highest BCUT2D eigenvalue weighted by molar-refractivity contribution is 5.96. The van der Waals surface area contributed by atoms with E-state index in [-0.39, 0.29) is 11.0 Å². The number of benzene rings is 2. The zero-order valence-electron chi connectivity index (χ0n) is 16.6. The van der Waals surface area contributed by atoms with Gasteiger partial charge in [0.05, 0.1) is 49.5 Å². The molecule has 1 aliphatic rings. The molecular formula is C22H21N3O4. The Hall–Kier alpha value is -3.53. The van der Waals surface area contributed by atoms with Crippen molar-refractivity contribution in [1.82, 2.24) is 9.55 Å². The Morgan fingerprint density at radius 1 is 1.14 bits per heavy atom. The minimum absolute atomic E-state index is 0.230. The average molecular weight is 391 g/mol. The van der Waals surface area contributed by atoms with Crippen molar-refractivity contribution in [3.63, 3.8) is 0 Å². The molecule has 3 aromatic rings. The van der Waals surface area contributed by atoms with Crippen molar-refractivity contribution in [3.8, 4) is 23.3 Å². The molecule has 0 saturated heterocycles. The molecule has 1 aromatic heterocycles. The van der Waals surface area contributed by atoms with Crippen LogP contribution in [0.1, 0.15) is 35.2 Å². The summed E-state index contributed by atoms with van der Waals surface area (Å²) in [6.07, 6.45) is 4.56. The van der Waals surface area contributed by atoms with E-state index in [0.29, 0.717) is 11.5 Å². The van der Waals surface area contributed by atoms with E-state index in [1.54, 1.807) is 18.5 Å². The van der Waals surface area contributed by atoms with E-state index in [2.05, 4.69) is 11.1 Å². The largest absolute Gasteiger partial charge is 0.496 e. The topological polar surface area (TPSA) is 86.4 Å². The van der Waals surface area contributed by atoms with Crippen LogP contribution in [0, 0.1) is 11.3 Å². The molecule has 0 amide bonds. The summed E-state index contributed by atoms with van der Waals surface area (Å²) >= 11 is 0. The zero-order valence-corrected chi connectivity index (χ0v) is 16.6. The number of fused-ring (bicyclic) bond motifs is 1. The monoisotopic (exact) mass is 391 g/mol. The van der Waals surface area contributed by atoms with Gasteiger partial charge in [-0.05, 0) is 37.0 Å². The highest BCUT2D eigenvalue weighted by Crippen LogP contribution is 2.44. The maximum atomic E-state index is 12.1. The molecule has 148 valence electrons. The molecule has 1 aliphatic carbocycles. The van der Waals surface area contributed by atoms with Gasteiger partial charge in [-0.2, -0.15) is 5.26 Å². The molecule has 0 radical (unpaired) electrons. The van der Waals surface area contributed by atoms with E-state index in [1.807, 2.05) is 22.8 Å². The van der Waals surface area contributed by atoms with Gasteiger partial charge in [-0.15, -0.1) is 0 Å². The second-order valence-electron chi connectivity index (χ2n) is 7.08. The van der Waals surface area contributed by atoms with Crippen molar-refractivity contribution in [2.24, 2.45) is 0 Å². The molecule has 29 heavy (non-hydrogen) atoms. The highest BCUT2D eigenvalue weighted by Gasteiger charge is 2.39. The molecule has 0 unspecified atom stereocenters. The third kappa shape index (κ3) is 2.88. The van der Waals surface area contributed by atoms with Gasteiger partial charge in [0.2, 0.25) is 0 Å². The predicted molar refractivity (Wildman–Crippen MR) is 107 cm³/mol. The van der Waals surface area contributed by atoms with Crippen LogP contribution < -0.4 is 9.47 Å². The van der Waals surface area contributed by atoms with Crippen LogP contribution in [0.4, 0.5) is 0 Å². The van der Waals surface area contributed by atoms with Crippen LogP contribution in [0.15, 0.2) is 36.7 Å². The standard InChI is InChI=1S/C22H21N3O4/c1-27-18-10-15(11-19(28-2)20(18)21(26)29-3)25-13-24-16-9-14(5-6-17(16)25)22(12-23)7-4-8-22/h5-6,9-11,13H,4,7-8H2,1-3H3. The molecular weight excluding hydrogens is 370 g/mol. The highest BCUT2D eigenvalue weighted by atomic mass is 16.5. The second kappa shape index (κ2) is 7.13. The fourth-order valence-electron chi connectivity index (χ4n) is 3.85. The number of carbonyl (C=O) groups is 1. The van der Waals surface area contributed by atoms with E-state index in [9.17, 15) is 10.1 Å². The molecule has 0 aliphatic heterocycles. The summed E-state index contributed by atoms with van der Waals surface area (Å²) in [4.78, 5) is 16.7. The number of aromatic nitrogens is 2. The van der Waals surface area contributed by atoms with Crippen LogP contribution >= 0.6 is 0 Å². The SMILES string of the molecule is COC(=O)c1c(OC)cc(-n2cnc3cc(C4(C#N)CCC4)ccc32)cc1OC. The Kier molecular flexibility index (Phi) is 4.63. The first-order chi connectivity index (χ1) is 14.1. The van der Waals surface area contributed by atoms with Gasteiger partial charge in [0, 0.05) is 12.1 Å². The lowest BCUT2D eigenvalue weighted by Crippen LogP contribution is -2.32. The summed E-state index contributed by atoms with van der Waals surface area (Å²) in [6.45, 7) is 0. The Morgan fingerprint density at radius 3 is 2.34 bits per heavy atom. The molecule has 0 spiro atoms. The van der Waals surface area contributed by atoms with Crippen LogP contribution in [-0.2, 0) is 10.2 Å². The number of carbonyl (C=O) groups excluding carboxylic acids is 1. The van der Waals surface area contributed by atoms with Crippen molar-refractivity contribution < 1.29 is 19.0 Å². The normalized spacial score (nSPS) is 14.7. The molecule has 0 atom stereocenters. The lowest BCUT2D eigenvalue weighted by molar-refractivity contribution is 0.0593. The van der Waals surface area contributed by atoms with Gasteiger partial charge in [-0.3, -0.25) is 4.57 Å². The molecule has 4 rings (SSSR count). The van der Waals surface area contributed by atoms with Gasteiger partial charge in [0.15, 0.2) is 0 Å². The van der Waals surface area contributed by atoms with Crippen molar-refractivity contribution in [2.75, 3.05) is 21.3 Å². The maximum Gasteiger partial charge on any atom is 0.345 e. The van der Waals surface area contributed by atoms with Gasteiger partial charge < -0.3 is 14.2 Å². The fraction of sp³-hybridized carbons (Fsp3) is 0.318. The minimum atomic E-state index is -0.535. The zero-order chi connectivity index (χ0) is 20.6. The molecule has 0 N–H and O–H groups in total. The number of methoxy groups -OCH3 is 3. The number of esters is 1. The number of nitriles is 1. The number of ether oxygens (including phenoxy) is 3. The number of rotatable bonds is 5. The number of hydrogen-bond donors (Lipinski definition) is 0. The molecule has 2 aromatic carbocycles. The van der Waals surface area contributed by atoms with Crippen LogP contribution in [0.2, 0.25) is 0 Å². The summed E-state index contributed by atoms with van der Waals surface area (Å²) < 4.78 is 17.6. The summed E-state index contributed by atoms with van der Waals surface area (Å²) in [5.74, 6) is 0.165. The first kappa shape index (κ1) is 18.8. The number of hydrogen-bond acceptors (Lipinski definition) is 6. The van der Waals surface area contributed by atoms with Crippen molar-refractivity contribution >= 4 is 17.0 Å². The summed E-state index contributed by atoms with van der Waals surface area (Å²) in [5, 5.41) is 9.61. The Bertz CT molecular complexity index is 1110. The molecule has 0 bridgehead atoms. The molecule has 1 fully saturated rings. The molecule has 7 nitrogen and oxygen atoms in total. The van der Waals surface area contributed by atoms with E-state index in [4.69, 9.17) is 14.2 Å². The third-order valence-electron chi connectivity index (χ3n) is 5.68. The van der Waals surface area contributed by atoms with Crippen LogP contribution in [0.3, 0.4) is 0 Å². The van der Waals surface area contributed by atoms with Crippen molar-refractivity contribution in [2.45, 2.75) is 24.7 Å². The molecule has 7 heteroatoms. The summed E-state index contributed by atoms with van der Waals surface area (Å²) in [7, 11) is 4.29. The second-order valence-corrected chi connectivity index (χ2v) is 7.08.